The second-order valence-electron chi connectivity index (χ2n) is 4.21. The quantitative estimate of drug-likeness (QED) is 0.743. The number of carbonyl (C=O) groups is 1. The molecule has 0 saturated heterocycles. The Hall–Kier alpha value is -2.32. The molecule has 0 aliphatic carbocycles. The van der Waals surface area contributed by atoms with Crippen molar-refractivity contribution in [1.82, 2.24) is 9.71 Å². The van der Waals surface area contributed by atoms with Crippen molar-refractivity contribution in [1.29, 1.82) is 0 Å². The number of rotatable bonds is 6. The number of aromatic carboxylic acids is 1. The molecule has 3 N–H and O–H groups in total. The fourth-order valence-electron chi connectivity index (χ4n) is 1.74. The fraction of sp³-hybridized carbons (Fsp3) is 0.154. The van der Waals surface area contributed by atoms with Crippen molar-refractivity contribution in [3.05, 3.63) is 47.8 Å². The lowest BCUT2D eigenvalue weighted by atomic mass is 10.2. The maximum atomic E-state index is 12.3. The summed E-state index contributed by atoms with van der Waals surface area (Å²) < 4.78 is 32.0. The normalized spacial score (nSPS) is 11.3. The van der Waals surface area contributed by atoms with Gasteiger partial charge < -0.3 is 14.8 Å². The monoisotopic (exact) mass is 310 g/mol. The number of hydrogen-bond acceptors (Lipinski definition) is 4. The van der Waals surface area contributed by atoms with Crippen LogP contribution in [0.4, 0.5) is 0 Å². The summed E-state index contributed by atoms with van der Waals surface area (Å²) in [7, 11) is -2.57. The highest BCUT2D eigenvalue weighted by Crippen LogP contribution is 2.25. The van der Waals surface area contributed by atoms with Crippen LogP contribution in [0.2, 0.25) is 0 Å². The molecule has 0 aliphatic rings. The Bertz CT molecular complexity index is 738. The number of nitrogens with one attached hydrogen (secondary N) is 2. The summed E-state index contributed by atoms with van der Waals surface area (Å²) in [5, 5.41) is 8.96. The maximum Gasteiger partial charge on any atom is 0.335 e. The highest BCUT2D eigenvalue weighted by atomic mass is 32.2. The molecule has 0 spiro atoms. The molecule has 0 bridgehead atoms. The fourth-order valence-corrected chi connectivity index (χ4v) is 2.95. The molecule has 2 aromatic rings. The van der Waals surface area contributed by atoms with Gasteiger partial charge in [-0.3, -0.25) is 0 Å². The third kappa shape index (κ3) is 3.41. The van der Waals surface area contributed by atoms with Gasteiger partial charge in [-0.1, -0.05) is 0 Å². The van der Waals surface area contributed by atoms with Gasteiger partial charge in [-0.2, -0.15) is 0 Å². The molecule has 1 heterocycles. The average molecular weight is 310 g/mol. The van der Waals surface area contributed by atoms with Crippen LogP contribution in [0.15, 0.2) is 41.6 Å². The summed E-state index contributed by atoms with van der Waals surface area (Å²) in [5.41, 5.74) is 0.629. The molecule has 0 atom stereocenters. The molecule has 21 heavy (non-hydrogen) atoms. The van der Waals surface area contributed by atoms with Crippen LogP contribution in [0, 0.1) is 0 Å². The number of aromatic nitrogens is 1. The highest BCUT2D eigenvalue weighted by Gasteiger charge is 2.21. The Morgan fingerprint density at radius 1 is 1.38 bits per heavy atom. The van der Waals surface area contributed by atoms with E-state index in [9.17, 15) is 13.2 Å². The van der Waals surface area contributed by atoms with E-state index in [2.05, 4.69) is 9.71 Å². The number of hydrogen-bond donors (Lipinski definition) is 3. The summed E-state index contributed by atoms with van der Waals surface area (Å²) >= 11 is 0. The number of carboxylic acid groups (broad SMARTS) is 1. The predicted molar refractivity (Wildman–Crippen MR) is 74.8 cm³/mol. The smallest absolute Gasteiger partial charge is 0.335 e. The number of aromatic amines is 1. The van der Waals surface area contributed by atoms with Crippen molar-refractivity contribution in [3.63, 3.8) is 0 Å². The van der Waals surface area contributed by atoms with Crippen molar-refractivity contribution in [3.8, 4) is 5.75 Å². The molecule has 1 aromatic carbocycles. The first-order valence-electron chi connectivity index (χ1n) is 5.96. The molecule has 0 amide bonds. The minimum atomic E-state index is -3.89. The third-order valence-electron chi connectivity index (χ3n) is 2.83. The molecule has 7 nitrogen and oxygen atoms in total. The Kier molecular flexibility index (Phi) is 4.29. The Balaban J connectivity index is 2.33. The van der Waals surface area contributed by atoms with E-state index >= 15 is 0 Å². The molecule has 0 radical (unpaired) electrons. The van der Waals surface area contributed by atoms with E-state index in [0.717, 1.165) is 11.6 Å². The number of H-pyrrole nitrogens is 1. The first-order chi connectivity index (χ1) is 9.94. The summed E-state index contributed by atoms with van der Waals surface area (Å²) in [6.45, 7) is 0.0896. The molecule has 112 valence electrons. The van der Waals surface area contributed by atoms with Gasteiger partial charge in [0.2, 0.25) is 10.0 Å². The number of methoxy groups -OCH3 is 1. The van der Waals surface area contributed by atoms with Crippen molar-refractivity contribution in [2.24, 2.45) is 0 Å². The van der Waals surface area contributed by atoms with E-state index in [0.29, 0.717) is 0 Å². The van der Waals surface area contributed by atoms with Gasteiger partial charge >= 0.3 is 5.97 Å². The van der Waals surface area contributed by atoms with Crippen molar-refractivity contribution in [2.45, 2.75) is 11.4 Å². The van der Waals surface area contributed by atoms with Crippen LogP contribution in [0.1, 0.15) is 15.9 Å². The number of benzene rings is 1. The summed E-state index contributed by atoms with van der Waals surface area (Å²) in [4.78, 5) is 13.6. The second-order valence-corrected chi connectivity index (χ2v) is 5.95. The lowest BCUT2D eigenvalue weighted by molar-refractivity contribution is 0.0696. The van der Waals surface area contributed by atoms with Crippen molar-refractivity contribution < 1.29 is 23.1 Å². The molecule has 8 heteroatoms. The van der Waals surface area contributed by atoms with Crippen LogP contribution in [0.3, 0.4) is 0 Å². The zero-order valence-electron chi connectivity index (χ0n) is 11.2. The summed E-state index contributed by atoms with van der Waals surface area (Å²) in [6, 6.07) is 5.40. The van der Waals surface area contributed by atoms with Gasteiger partial charge in [0.15, 0.2) is 0 Å². The Morgan fingerprint density at radius 3 is 2.71 bits per heavy atom. The molecular weight excluding hydrogens is 296 g/mol. The van der Waals surface area contributed by atoms with E-state index in [1.54, 1.807) is 18.5 Å². The summed E-state index contributed by atoms with van der Waals surface area (Å²) in [5.74, 6) is -1.12. The van der Waals surface area contributed by atoms with Gasteiger partial charge in [0.05, 0.1) is 12.7 Å². The van der Waals surface area contributed by atoms with Crippen LogP contribution >= 0.6 is 0 Å². The van der Waals surface area contributed by atoms with Crippen LogP contribution in [-0.2, 0) is 16.6 Å². The van der Waals surface area contributed by atoms with E-state index < -0.39 is 16.0 Å². The predicted octanol–water partition coefficient (Wildman–Crippen LogP) is 1.20. The number of sulfonamides is 1. The number of ether oxygens (including phenoxy) is 1. The molecule has 0 unspecified atom stereocenters. The zero-order chi connectivity index (χ0) is 15.5. The van der Waals surface area contributed by atoms with Crippen LogP contribution in [-0.4, -0.2) is 31.6 Å². The maximum absolute atomic E-state index is 12.3. The van der Waals surface area contributed by atoms with Gasteiger partial charge in [-0.15, -0.1) is 0 Å². The first-order valence-corrected chi connectivity index (χ1v) is 7.45. The van der Waals surface area contributed by atoms with E-state index in [1.807, 2.05) is 0 Å². The molecule has 0 fully saturated rings. The van der Waals surface area contributed by atoms with Crippen LogP contribution in [0.25, 0.3) is 0 Å². The van der Waals surface area contributed by atoms with E-state index in [1.165, 1.54) is 19.2 Å². The third-order valence-corrected chi connectivity index (χ3v) is 4.25. The SMILES string of the molecule is COc1ccc(C(=O)O)cc1S(=O)(=O)NCc1cc[nH]c1. The van der Waals surface area contributed by atoms with E-state index in [4.69, 9.17) is 9.84 Å². The minimum Gasteiger partial charge on any atom is -0.495 e. The van der Waals surface area contributed by atoms with Gasteiger partial charge in [-0.25, -0.2) is 17.9 Å². The standard InChI is InChI=1S/C13H14N2O5S/c1-20-11-3-2-10(13(16)17)6-12(11)21(18,19)15-8-9-4-5-14-7-9/h2-7,14-15H,8H2,1H3,(H,16,17). The van der Waals surface area contributed by atoms with Gasteiger partial charge in [-0.05, 0) is 29.8 Å². The van der Waals surface area contributed by atoms with E-state index in [-0.39, 0.29) is 22.8 Å². The molecule has 2 rings (SSSR count). The number of carboxylic acids is 1. The lowest BCUT2D eigenvalue weighted by Crippen LogP contribution is -2.24. The largest absolute Gasteiger partial charge is 0.495 e. The zero-order valence-corrected chi connectivity index (χ0v) is 12.0. The highest BCUT2D eigenvalue weighted by molar-refractivity contribution is 7.89. The summed E-state index contributed by atoms with van der Waals surface area (Å²) in [6.07, 6.45) is 3.34. The lowest BCUT2D eigenvalue weighted by Gasteiger charge is -2.11. The topological polar surface area (TPSA) is 108 Å². The van der Waals surface area contributed by atoms with Gasteiger partial charge in [0, 0.05) is 18.9 Å². The van der Waals surface area contributed by atoms with Gasteiger partial charge in [0.25, 0.3) is 0 Å². The Labute approximate surface area is 121 Å². The Morgan fingerprint density at radius 2 is 2.14 bits per heavy atom. The van der Waals surface area contributed by atoms with Gasteiger partial charge in [0.1, 0.15) is 10.6 Å². The molecular formula is C13H14N2O5S. The van der Waals surface area contributed by atoms with Crippen LogP contribution in [0.5, 0.6) is 5.75 Å². The minimum absolute atomic E-state index is 0.0848. The second kappa shape index (κ2) is 5.98. The average Bonchev–Trinajstić information content (AvgIpc) is 2.98. The first kappa shape index (κ1) is 15.1. The van der Waals surface area contributed by atoms with Crippen molar-refractivity contribution in [2.75, 3.05) is 7.11 Å². The molecule has 1 aromatic heterocycles. The molecule has 0 saturated carbocycles. The van der Waals surface area contributed by atoms with Crippen LogP contribution < -0.4 is 9.46 Å². The van der Waals surface area contributed by atoms with Crippen molar-refractivity contribution >= 4 is 16.0 Å². The molecule has 0 aliphatic heterocycles.